The van der Waals surface area contributed by atoms with Gasteiger partial charge in [-0.15, -0.1) is 10.2 Å². The van der Waals surface area contributed by atoms with Crippen LogP contribution in [0.2, 0.25) is 0 Å². The lowest BCUT2D eigenvalue weighted by Gasteiger charge is -2.32. The molecule has 0 radical (unpaired) electrons. The zero-order chi connectivity index (χ0) is 14.9. The minimum atomic E-state index is 0.333. The highest BCUT2D eigenvalue weighted by Gasteiger charge is 2.35. The summed E-state index contributed by atoms with van der Waals surface area (Å²) in [4.78, 5) is 14.7. The van der Waals surface area contributed by atoms with Gasteiger partial charge < -0.3 is 9.47 Å². The van der Waals surface area contributed by atoms with E-state index in [0.717, 1.165) is 63.4 Å². The summed E-state index contributed by atoms with van der Waals surface area (Å²) in [5, 5.41) is 8.39. The van der Waals surface area contributed by atoms with Crippen molar-refractivity contribution in [1.82, 2.24) is 19.7 Å². The molecule has 1 atom stereocenters. The molecule has 2 aliphatic carbocycles. The average molecular weight is 302 g/mol. The number of carbonyl (C=O) groups excluding carboxylic acids is 1. The van der Waals surface area contributed by atoms with E-state index >= 15 is 0 Å². The molecule has 2 saturated carbocycles. The lowest BCUT2D eigenvalue weighted by Crippen LogP contribution is -2.42. The van der Waals surface area contributed by atoms with Gasteiger partial charge in [0.15, 0.2) is 0 Å². The van der Waals surface area contributed by atoms with E-state index in [9.17, 15) is 4.79 Å². The molecule has 1 aromatic heterocycles. The Hall–Kier alpha value is -1.39. The van der Waals surface area contributed by atoms with Crippen LogP contribution in [0.4, 0.5) is 0 Å². The fraction of sp³-hybridized carbons (Fsp3) is 0.824. The molecule has 120 valence electrons. The van der Waals surface area contributed by atoms with Crippen molar-refractivity contribution in [1.29, 1.82) is 0 Å². The van der Waals surface area contributed by atoms with Gasteiger partial charge >= 0.3 is 0 Å². The zero-order valence-electron chi connectivity index (χ0n) is 13.3. The molecule has 3 fully saturated rings. The maximum absolute atomic E-state index is 12.5. The van der Waals surface area contributed by atoms with Crippen molar-refractivity contribution in [3.63, 3.8) is 0 Å². The van der Waals surface area contributed by atoms with Crippen LogP contribution in [0, 0.1) is 11.8 Å². The van der Waals surface area contributed by atoms with Crippen molar-refractivity contribution >= 4 is 5.91 Å². The number of hydrogen-bond acceptors (Lipinski definition) is 3. The summed E-state index contributed by atoms with van der Waals surface area (Å²) in [6.07, 6.45) is 12.4. The van der Waals surface area contributed by atoms with E-state index in [2.05, 4.69) is 19.7 Å². The minimum Gasteiger partial charge on any atom is -0.339 e. The fourth-order valence-electron chi connectivity index (χ4n) is 3.82. The molecule has 4 rings (SSSR count). The molecule has 1 aliphatic heterocycles. The largest absolute Gasteiger partial charge is 0.339 e. The third-order valence-corrected chi connectivity index (χ3v) is 5.66. The SMILES string of the molecule is O=C(C1CCC1)N1CCCC1CCc1nncn1CC1CC1. The first-order chi connectivity index (χ1) is 10.8. The van der Waals surface area contributed by atoms with E-state index in [1.54, 1.807) is 0 Å². The van der Waals surface area contributed by atoms with Crippen LogP contribution in [0.25, 0.3) is 0 Å². The first kappa shape index (κ1) is 14.2. The van der Waals surface area contributed by atoms with E-state index in [1.165, 1.54) is 19.3 Å². The van der Waals surface area contributed by atoms with Gasteiger partial charge in [0.1, 0.15) is 12.2 Å². The van der Waals surface area contributed by atoms with E-state index < -0.39 is 0 Å². The van der Waals surface area contributed by atoms with E-state index in [4.69, 9.17) is 0 Å². The number of nitrogens with zero attached hydrogens (tertiary/aromatic N) is 4. The Kier molecular flexibility index (Phi) is 3.89. The van der Waals surface area contributed by atoms with Crippen LogP contribution < -0.4 is 0 Å². The number of likely N-dealkylation sites (tertiary alicyclic amines) is 1. The summed E-state index contributed by atoms with van der Waals surface area (Å²) < 4.78 is 2.23. The molecule has 5 nitrogen and oxygen atoms in total. The molecule has 1 aromatic rings. The van der Waals surface area contributed by atoms with Gasteiger partial charge in [0.05, 0.1) is 0 Å². The predicted molar refractivity (Wildman–Crippen MR) is 83.1 cm³/mol. The summed E-state index contributed by atoms with van der Waals surface area (Å²) in [6.45, 7) is 2.05. The molecular weight excluding hydrogens is 276 g/mol. The smallest absolute Gasteiger partial charge is 0.225 e. The quantitative estimate of drug-likeness (QED) is 0.811. The Bertz CT molecular complexity index is 533. The number of hydrogen-bond donors (Lipinski definition) is 0. The molecule has 2 heterocycles. The van der Waals surface area contributed by atoms with Crippen LogP contribution in [0.3, 0.4) is 0 Å². The van der Waals surface area contributed by atoms with Gasteiger partial charge in [-0.2, -0.15) is 0 Å². The van der Waals surface area contributed by atoms with Gasteiger partial charge in [-0.05, 0) is 50.9 Å². The molecule has 1 amide bonds. The van der Waals surface area contributed by atoms with Gasteiger partial charge in [0, 0.05) is 31.5 Å². The van der Waals surface area contributed by atoms with Gasteiger partial charge in [-0.25, -0.2) is 0 Å². The third-order valence-electron chi connectivity index (χ3n) is 5.66. The molecule has 1 unspecified atom stereocenters. The highest BCUT2D eigenvalue weighted by Crippen LogP contribution is 2.33. The first-order valence-electron chi connectivity index (χ1n) is 8.98. The summed E-state index contributed by atoms with van der Waals surface area (Å²) in [7, 11) is 0. The maximum Gasteiger partial charge on any atom is 0.225 e. The van der Waals surface area contributed by atoms with E-state index in [1.807, 2.05) is 6.33 Å². The molecular formula is C17H26N4O. The second-order valence-electron chi connectivity index (χ2n) is 7.34. The molecule has 0 N–H and O–H groups in total. The van der Waals surface area contributed by atoms with Crippen molar-refractivity contribution in [2.75, 3.05) is 6.54 Å². The van der Waals surface area contributed by atoms with Crippen LogP contribution in [0.15, 0.2) is 6.33 Å². The summed E-state index contributed by atoms with van der Waals surface area (Å²) >= 11 is 0. The lowest BCUT2D eigenvalue weighted by atomic mass is 9.84. The summed E-state index contributed by atoms with van der Waals surface area (Å²) in [6, 6.07) is 0.430. The standard InChI is InChI=1S/C17H26N4O/c22-17(14-3-1-4-14)21-10-2-5-15(21)8-9-16-19-18-12-20(16)11-13-6-7-13/h12-15H,1-11H2. The third kappa shape index (κ3) is 2.90. The Balaban J connectivity index is 1.34. The number of amides is 1. The normalized spacial score (nSPS) is 25.5. The fourth-order valence-corrected chi connectivity index (χ4v) is 3.82. The first-order valence-corrected chi connectivity index (χ1v) is 8.98. The topological polar surface area (TPSA) is 51.0 Å². The molecule has 3 aliphatic rings. The minimum absolute atomic E-state index is 0.333. The second-order valence-corrected chi connectivity index (χ2v) is 7.34. The van der Waals surface area contributed by atoms with Crippen LogP contribution in [-0.4, -0.2) is 38.2 Å². The Morgan fingerprint density at radius 3 is 2.77 bits per heavy atom. The Morgan fingerprint density at radius 2 is 2.05 bits per heavy atom. The monoisotopic (exact) mass is 302 g/mol. The van der Waals surface area contributed by atoms with Gasteiger partial charge in [-0.3, -0.25) is 4.79 Å². The van der Waals surface area contributed by atoms with Gasteiger partial charge in [0.2, 0.25) is 5.91 Å². The number of aromatic nitrogens is 3. The highest BCUT2D eigenvalue weighted by molar-refractivity contribution is 5.80. The van der Waals surface area contributed by atoms with Crippen molar-refractivity contribution in [2.45, 2.75) is 70.4 Å². The van der Waals surface area contributed by atoms with E-state index in [-0.39, 0.29) is 0 Å². The van der Waals surface area contributed by atoms with Gasteiger partial charge in [0.25, 0.3) is 0 Å². The molecule has 0 aromatic carbocycles. The molecule has 0 bridgehead atoms. The average Bonchev–Trinajstić information content (AvgIpc) is 2.97. The van der Waals surface area contributed by atoms with Crippen LogP contribution in [0.1, 0.15) is 57.2 Å². The summed E-state index contributed by atoms with van der Waals surface area (Å²) in [5.74, 6) is 2.71. The van der Waals surface area contributed by atoms with Crippen LogP contribution >= 0.6 is 0 Å². The van der Waals surface area contributed by atoms with Crippen LogP contribution in [-0.2, 0) is 17.8 Å². The summed E-state index contributed by atoms with van der Waals surface area (Å²) in [5.41, 5.74) is 0. The highest BCUT2D eigenvalue weighted by atomic mass is 16.2. The molecule has 1 saturated heterocycles. The second kappa shape index (κ2) is 6.01. The Labute approximate surface area is 132 Å². The molecule has 5 heteroatoms. The van der Waals surface area contributed by atoms with Crippen molar-refractivity contribution < 1.29 is 4.79 Å². The Morgan fingerprint density at radius 1 is 1.18 bits per heavy atom. The predicted octanol–water partition coefficient (Wildman–Crippen LogP) is 2.41. The molecule has 0 spiro atoms. The van der Waals surface area contributed by atoms with Crippen molar-refractivity contribution in [3.05, 3.63) is 12.2 Å². The zero-order valence-corrected chi connectivity index (χ0v) is 13.3. The van der Waals surface area contributed by atoms with E-state index in [0.29, 0.717) is 17.9 Å². The van der Waals surface area contributed by atoms with Crippen LogP contribution in [0.5, 0.6) is 0 Å². The number of aryl methyl sites for hydroxylation is 1. The van der Waals surface area contributed by atoms with Gasteiger partial charge in [-0.1, -0.05) is 6.42 Å². The maximum atomic E-state index is 12.5. The van der Waals surface area contributed by atoms with Crippen molar-refractivity contribution in [3.8, 4) is 0 Å². The van der Waals surface area contributed by atoms with Crippen molar-refractivity contribution in [2.24, 2.45) is 11.8 Å². The molecule has 22 heavy (non-hydrogen) atoms. The number of carbonyl (C=O) groups is 1. The lowest BCUT2D eigenvalue weighted by molar-refractivity contribution is -0.139. The number of rotatable bonds is 6.